The smallest absolute Gasteiger partial charge is 0.121 e. The molecule has 1 saturated heterocycles. The predicted molar refractivity (Wildman–Crippen MR) is 72.9 cm³/mol. The fourth-order valence-electron chi connectivity index (χ4n) is 1.95. The average molecular weight is 252 g/mol. The van der Waals surface area contributed by atoms with E-state index in [0.29, 0.717) is 0 Å². The maximum absolute atomic E-state index is 5.27. The van der Waals surface area contributed by atoms with E-state index >= 15 is 0 Å². The molecule has 0 aliphatic carbocycles. The van der Waals surface area contributed by atoms with Gasteiger partial charge >= 0.3 is 0 Å². The van der Waals surface area contributed by atoms with Crippen LogP contribution in [0.1, 0.15) is 5.56 Å². The monoisotopic (exact) mass is 252 g/mol. The minimum Gasteiger partial charge on any atom is -0.496 e. The first kappa shape index (κ1) is 12.7. The van der Waals surface area contributed by atoms with Crippen LogP contribution in [0.25, 0.3) is 0 Å². The molecule has 17 heavy (non-hydrogen) atoms. The topological polar surface area (TPSA) is 24.5 Å². The third kappa shape index (κ3) is 3.63. The first-order valence-corrected chi connectivity index (χ1v) is 6.98. The third-order valence-electron chi connectivity index (χ3n) is 2.99. The second-order valence-corrected chi connectivity index (χ2v) is 5.29. The molecule has 0 amide bonds. The number of nitrogens with zero attached hydrogens (tertiary/aromatic N) is 1. The molecule has 1 aromatic carbocycles. The highest BCUT2D eigenvalue weighted by atomic mass is 32.2. The van der Waals surface area contributed by atoms with Crippen molar-refractivity contribution >= 4 is 11.8 Å². The number of nitrogens with one attached hydrogen (secondary N) is 1. The van der Waals surface area contributed by atoms with Crippen molar-refractivity contribution in [1.82, 2.24) is 10.2 Å². The van der Waals surface area contributed by atoms with Gasteiger partial charge in [-0.3, -0.25) is 4.90 Å². The lowest BCUT2D eigenvalue weighted by Gasteiger charge is -2.26. The zero-order valence-electron chi connectivity index (χ0n) is 10.5. The van der Waals surface area contributed by atoms with Crippen LogP contribution >= 0.6 is 11.8 Å². The number of ether oxygens (including phenoxy) is 1. The van der Waals surface area contributed by atoms with Gasteiger partial charge in [0, 0.05) is 37.0 Å². The molecule has 0 radical (unpaired) electrons. The number of hydrogen-bond acceptors (Lipinski definition) is 4. The molecule has 1 fully saturated rings. The summed E-state index contributed by atoms with van der Waals surface area (Å²) in [6, 6.07) is 6.39. The van der Waals surface area contributed by atoms with E-state index < -0.39 is 0 Å². The van der Waals surface area contributed by atoms with E-state index in [4.69, 9.17) is 4.74 Å². The lowest BCUT2D eigenvalue weighted by Crippen LogP contribution is -2.43. The van der Waals surface area contributed by atoms with E-state index in [1.807, 2.05) is 11.8 Å². The highest BCUT2D eigenvalue weighted by molar-refractivity contribution is 7.99. The summed E-state index contributed by atoms with van der Waals surface area (Å²) in [6.07, 6.45) is 0. The van der Waals surface area contributed by atoms with Gasteiger partial charge in [-0.25, -0.2) is 0 Å². The van der Waals surface area contributed by atoms with E-state index in [1.165, 1.54) is 10.5 Å². The van der Waals surface area contributed by atoms with Crippen LogP contribution in [-0.4, -0.2) is 44.1 Å². The Bertz CT molecular complexity index is 364. The molecule has 0 unspecified atom stereocenters. The Kier molecular flexibility index (Phi) is 4.71. The van der Waals surface area contributed by atoms with Crippen LogP contribution < -0.4 is 10.1 Å². The van der Waals surface area contributed by atoms with Gasteiger partial charge in [0.1, 0.15) is 5.75 Å². The predicted octanol–water partition coefficient (Wildman–Crippen LogP) is 1.96. The summed E-state index contributed by atoms with van der Waals surface area (Å²) in [5.41, 5.74) is 1.21. The van der Waals surface area contributed by atoms with E-state index in [9.17, 15) is 0 Å². The fraction of sp³-hybridized carbons (Fsp3) is 0.538. The van der Waals surface area contributed by atoms with Crippen LogP contribution in [-0.2, 0) is 0 Å². The molecule has 3 nitrogen and oxygen atoms in total. The normalized spacial score (nSPS) is 17.1. The summed E-state index contributed by atoms with van der Waals surface area (Å²) >= 11 is 1.90. The second-order valence-electron chi connectivity index (χ2n) is 4.27. The second kappa shape index (κ2) is 6.28. The lowest BCUT2D eigenvalue weighted by atomic mass is 10.2. The highest BCUT2D eigenvalue weighted by Gasteiger charge is 2.09. The molecule has 0 spiro atoms. The van der Waals surface area contributed by atoms with Crippen molar-refractivity contribution < 1.29 is 4.74 Å². The molecule has 1 aliphatic rings. The Morgan fingerprint density at radius 2 is 2.12 bits per heavy atom. The van der Waals surface area contributed by atoms with Gasteiger partial charge in [0.15, 0.2) is 0 Å². The molecular formula is C13H20N2OS. The van der Waals surface area contributed by atoms with E-state index in [0.717, 1.165) is 37.8 Å². The van der Waals surface area contributed by atoms with Crippen molar-refractivity contribution in [2.45, 2.75) is 11.8 Å². The zero-order chi connectivity index (χ0) is 12.1. The number of hydrogen-bond donors (Lipinski definition) is 1. The van der Waals surface area contributed by atoms with Gasteiger partial charge < -0.3 is 10.1 Å². The highest BCUT2D eigenvalue weighted by Crippen LogP contribution is 2.25. The van der Waals surface area contributed by atoms with Crippen molar-refractivity contribution in [3.8, 4) is 5.75 Å². The Morgan fingerprint density at radius 3 is 2.76 bits per heavy atom. The van der Waals surface area contributed by atoms with Gasteiger partial charge in [0.25, 0.3) is 0 Å². The molecule has 1 aromatic rings. The van der Waals surface area contributed by atoms with Crippen LogP contribution in [0.4, 0.5) is 0 Å². The Morgan fingerprint density at radius 1 is 1.35 bits per heavy atom. The lowest BCUT2D eigenvalue weighted by molar-refractivity contribution is 0.280. The van der Waals surface area contributed by atoms with Crippen LogP contribution in [0.2, 0.25) is 0 Å². The Labute approximate surface area is 108 Å². The molecule has 1 heterocycles. The molecule has 0 aromatic heterocycles. The van der Waals surface area contributed by atoms with Gasteiger partial charge in [-0.1, -0.05) is 0 Å². The van der Waals surface area contributed by atoms with Gasteiger partial charge in [0.05, 0.1) is 7.11 Å². The largest absolute Gasteiger partial charge is 0.496 e. The average Bonchev–Trinajstić information content (AvgIpc) is 2.38. The van der Waals surface area contributed by atoms with Crippen LogP contribution in [0.3, 0.4) is 0 Å². The molecule has 0 saturated carbocycles. The van der Waals surface area contributed by atoms with Crippen LogP contribution in [0, 0.1) is 6.92 Å². The number of rotatable bonds is 4. The zero-order valence-corrected chi connectivity index (χ0v) is 11.3. The Balaban J connectivity index is 1.87. The summed E-state index contributed by atoms with van der Waals surface area (Å²) in [5, 5.41) is 3.37. The van der Waals surface area contributed by atoms with E-state index in [1.54, 1.807) is 7.11 Å². The van der Waals surface area contributed by atoms with Crippen molar-refractivity contribution in [2.24, 2.45) is 0 Å². The number of aryl methyl sites for hydroxylation is 1. The summed E-state index contributed by atoms with van der Waals surface area (Å²) in [7, 11) is 1.72. The maximum atomic E-state index is 5.27. The molecule has 2 rings (SSSR count). The number of benzene rings is 1. The summed E-state index contributed by atoms with van der Waals surface area (Å²) in [5.74, 6) is 2.05. The standard InChI is InChI=1S/C13H20N2OS/c1-11-9-12(3-4-13(11)16-2)17-10-15-7-5-14-6-8-15/h3-4,9,14H,5-8,10H2,1-2H3. The first-order chi connectivity index (χ1) is 8.29. The number of methoxy groups -OCH3 is 1. The molecule has 4 heteroatoms. The first-order valence-electron chi connectivity index (χ1n) is 6.00. The molecule has 0 bridgehead atoms. The van der Waals surface area contributed by atoms with Crippen LogP contribution in [0.5, 0.6) is 5.75 Å². The SMILES string of the molecule is COc1ccc(SCN2CCNCC2)cc1C. The fourth-order valence-corrected chi connectivity index (χ4v) is 2.96. The molecule has 94 valence electrons. The maximum Gasteiger partial charge on any atom is 0.121 e. The molecule has 1 N–H and O–H groups in total. The minimum atomic E-state index is 0.969. The van der Waals surface area contributed by atoms with Gasteiger partial charge in [0.2, 0.25) is 0 Å². The van der Waals surface area contributed by atoms with Gasteiger partial charge in [-0.2, -0.15) is 0 Å². The quantitative estimate of drug-likeness (QED) is 0.828. The molecule has 0 atom stereocenters. The molecular weight excluding hydrogens is 232 g/mol. The minimum absolute atomic E-state index is 0.969. The van der Waals surface area contributed by atoms with Crippen molar-refractivity contribution in [2.75, 3.05) is 39.2 Å². The van der Waals surface area contributed by atoms with E-state index in [2.05, 4.69) is 35.3 Å². The van der Waals surface area contributed by atoms with Gasteiger partial charge in [-0.15, -0.1) is 11.8 Å². The van der Waals surface area contributed by atoms with Gasteiger partial charge in [-0.05, 0) is 30.7 Å². The van der Waals surface area contributed by atoms with E-state index in [-0.39, 0.29) is 0 Å². The summed E-state index contributed by atoms with van der Waals surface area (Å²) in [4.78, 5) is 3.81. The van der Waals surface area contributed by atoms with Crippen molar-refractivity contribution in [3.63, 3.8) is 0 Å². The molecule has 1 aliphatic heterocycles. The number of thioether (sulfide) groups is 1. The van der Waals surface area contributed by atoms with Crippen molar-refractivity contribution in [1.29, 1.82) is 0 Å². The van der Waals surface area contributed by atoms with Crippen molar-refractivity contribution in [3.05, 3.63) is 23.8 Å². The summed E-state index contributed by atoms with van der Waals surface area (Å²) < 4.78 is 5.27. The Hall–Kier alpha value is -0.710. The number of piperazine rings is 1. The van der Waals surface area contributed by atoms with Crippen LogP contribution in [0.15, 0.2) is 23.1 Å². The summed E-state index contributed by atoms with van der Waals surface area (Å²) in [6.45, 7) is 6.63. The third-order valence-corrected chi connectivity index (χ3v) is 4.07.